The molecule has 0 aliphatic heterocycles. The van der Waals surface area contributed by atoms with E-state index in [1.54, 1.807) is 48.5 Å². The van der Waals surface area contributed by atoms with E-state index in [1.165, 1.54) is 6.92 Å². The highest BCUT2D eigenvalue weighted by molar-refractivity contribution is 7.89. The van der Waals surface area contributed by atoms with Crippen molar-refractivity contribution in [2.45, 2.75) is 25.2 Å². The Morgan fingerprint density at radius 2 is 1.85 bits per heavy atom. The number of hydrogen-bond acceptors (Lipinski definition) is 4. The number of rotatable bonds is 7. The summed E-state index contributed by atoms with van der Waals surface area (Å²) < 4.78 is 32.2. The van der Waals surface area contributed by atoms with Gasteiger partial charge < -0.3 is 10.1 Å². The number of hydrogen-bond donors (Lipinski definition) is 2. The lowest BCUT2D eigenvalue weighted by atomic mass is 10.2. The van der Waals surface area contributed by atoms with Gasteiger partial charge in [-0.15, -0.1) is 0 Å². The fourth-order valence-electron chi connectivity index (χ4n) is 2.22. The minimum atomic E-state index is -3.58. The summed E-state index contributed by atoms with van der Waals surface area (Å²) in [6, 6.07) is 13.7. The van der Waals surface area contributed by atoms with Crippen LogP contribution in [0.2, 0.25) is 0 Å². The molecule has 0 aromatic heterocycles. The van der Waals surface area contributed by atoms with Gasteiger partial charge in [-0.2, -0.15) is 4.72 Å². The third kappa shape index (κ3) is 6.77. The van der Waals surface area contributed by atoms with Crippen LogP contribution in [0.5, 0.6) is 5.75 Å². The summed E-state index contributed by atoms with van der Waals surface area (Å²) in [6.07, 6.45) is 0.854. The van der Waals surface area contributed by atoms with Gasteiger partial charge in [-0.1, -0.05) is 37.0 Å². The van der Waals surface area contributed by atoms with Gasteiger partial charge in [0.25, 0.3) is 0 Å². The molecule has 0 saturated carbocycles. The van der Waals surface area contributed by atoms with Gasteiger partial charge in [0.15, 0.2) is 0 Å². The molecule has 2 rings (SSSR count). The molecule has 2 N–H and O–H groups in total. The zero-order valence-corrected chi connectivity index (χ0v) is 16.1. The van der Waals surface area contributed by atoms with Gasteiger partial charge in [0.2, 0.25) is 15.9 Å². The second-order valence-electron chi connectivity index (χ2n) is 5.67. The number of sulfonamides is 1. The molecule has 0 radical (unpaired) electrons. The van der Waals surface area contributed by atoms with Crippen LogP contribution in [-0.2, 0) is 21.2 Å². The Morgan fingerprint density at radius 3 is 2.52 bits per heavy atom. The summed E-state index contributed by atoms with van der Waals surface area (Å²) in [7, 11) is -3.58. The van der Waals surface area contributed by atoms with Gasteiger partial charge in [-0.3, -0.25) is 4.79 Å². The summed E-state index contributed by atoms with van der Waals surface area (Å²) in [4.78, 5) is 11.3. The molecule has 1 amide bonds. The summed E-state index contributed by atoms with van der Waals surface area (Å²) in [5.41, 5.74) is 1.71. The Labute approximate surface area is 160 Å². The van der Waals surface area contributed by atoms with Gasteiger partial charge in [0, 0.05) is 18.7 Å². The molecular formula is C20H22N2O4S. The molecule has 0 aliphatic rings. The average Bonchev–Trinajstić information content (AvgIpc) is 2.64. The highest BCUT2D eigenvalue weighted by Gasteiger charge is 2.11. The zero-order valence-electron chi connectivity index (χ0n) is 15.3. The topological polar surface area (TPSA) is 84.5 Å². The van der Waals surface area contributed by atoms with Crippen molar-refractivity contribution in [3.8, 4) is 17.6 Å². The van der Waals surface area contributed by atoms with Crippen LogP contribution in [0.25, 0.3) is 0 Å². The average molecular weight is 386 g/mol. The fraction of sp³-hybridized carbons (Fsp3) is 0.250. The van der Waals surface area contributed by atoms with Crippen LogP contribution in [-0.4, -0.2) is 27.5 Å². The quantitative estimate of drug-likeness (QED) is 0.717. The summed E-state index contributed by atoms with van der Waals surface area (Å²) >= 11 is 0. The van der Waals surface area contributed by atoms with Crippen molar-refractivity contribution in [2.75, 3.05) is 18.5 Å². The smallest absolute Gasteiger partial charge is 0.241 e. The van der Waals surface area contributed by atoms with E-state index in [0.717, 1.165) is 12.0 Å². The van der Waals surface area contributed by atoms with Gasteiger partial charge >= 0.3 is 0 Å². The second kappa shape index (κ2) is 9.76. The Bertz CT molecular complexity index is 942. The van der Waals surface area contributed by atoms with Gasteiger partial charge in [0.1, 0.15) is 12.4 Å². The van der Waals surface area contributed by atoms with Crippen LogP contribution in [0.4, 0.5) is 5.69 Å². The van der Waals surface area contributed by atoms with Crippen LogP contribution in [0.1, 0.15) is 19.4 Å². The highest BCUT2D eigenvalue weighted by Crippen LogP contribution is 2.17. The van der Waals surface area contributed by atoms with Crippen LogP contribution in [0, 0.1) is 11.8 Å². The molecule has 6 nitrogen and oxygen atoms in total. The first-order chi connectivity index (χ1) is 12.9. The first kappa shape index (κ1) is 20.5. The van der Waals surface area contributed by atoms with Crippen molar-refractivity contribution < 1.29 is 17.9 Å². The maximum atomic E-state index is 12.2. The highest BCUT2D eigenvalue weighted by atomic mass is 32.2. The Balaban J connectivity index is 1.82. The molecule has 0 bridgehead atoms. The zero-order chi connectivity index (χ0) is 19.7. The molecular weight excluding hydrogens is 364 g/mol. The molecule has 2 aromatic rings. The lowest BCUT2D eigenvalue weighted by Gasteiger charge is -2.06. The van der Waals surface area contributed by atoms with E-state index >= 15 is 0 Å². The Morgan fingerprint density at radius 1 is 1.11 bits per heavy atom. The molecule has 0 saturated heterocycles. The van der Waals surface area contributed by atoms with Crippen LogP contribution in [0.15, 0.2) is 53.4 Å². The largest absolute Gasteiger partial charge is 0.481 e. The predicted molar refractivity (Wildman–Crippen MR) is 105 cm³/mol. The maximum absolute atomic E-state index is 12.2. The van der Waals surface area contributed by atoms with Crippen LogP contribution in [0.3, 0.4) is 0 Å². The van der Waals surface area contributed by atoms with Crippen LogP contribution >= 0.6 is 0 Å². The van der Waals surface area contributed by atoms with Crippen molar-refractivity contribution >= 4 is 21.6 Å². The van der Waals surface area contributed by atoms with E-state index in [-0.39, 0.29) is 24.0 Å². The van der Waals surface area contributed by atoms with E-state index in [4.69, 9.17) is 4.74 Å². The number of carbonyl (C=O) groups excluding carboxylic acids is 1. The number of amides is 1. The molecule has 0 heterocycles. The van der Waals surface area contributed by atoms with Gasteiger partial charge in [-0.25, -0.2) is 8.42 Å². The molecule has 0 spiro atoms. The number of benzene rings is 2. The first-order valence-corrected chi connectivity index (χ1v) is 9.94. The van der Waals surface area contributed by atoms with E-state index in [1.807, 2.05) is 6.92 Å². The second-order valence-corrected chi connectivity index (χ2v) is 7.44. The number of ether oxygens (including phenoxy) is 1. The third-order valence-corrected chi connectivity index (χ3v) is 5.00. The normalized spacial score (nSPS) is 10.6. The maximum Gasteiger partial charge on any atom is 0.241 e. The minimum absolute atomic E-state index is 0.00679. The summed E-state index contributed by atoms with van der Waals surface area (Å²) in [6.45, 7) is 3.54. The van der Waals surface area contributed by atoms with E-state index in [2.05, 4.69) is 21.9 Å². The van der Waals surface area contributed by atoms with Crippen molar-refractivity contribution in [3.05, 3.63) is 54.1 Å². The molecule has 142 valence electrons. The molecule has 0 unspecified atom stereocenters. The van der Waals surface area contributed by atoms with E-state index < -0.39 is 10.0 Å². The molecule has 7 heteroatoms. The van der Waals surface area contributed by atoms with Crippen molar-refractivity contribution in [1.29, 1.82) is 0 Å². The lowest BCUT2D eigenvalue weighted by Crippen LogP contribution is -2.24. The number of anilines is 1. The lowest BCUT2D eigenvalue weighted by molar-refractivity contribution is -0.114. The fourth-order valence-corrected chi connectivity index (χ4v) is 3.14. The van der Waals surface area contributed by atoms with Crippen molar-refractivity contribution in [1.82, 2.24) is 4.72 Å². The van der Waals surface area contributed by atoms with Crippen molar-refractivity contribution in [2.24, 2.45) is 0 Å². The SMILES string of the molecule is CCc1ccc(S(=O)(=O)NCC#CCOc2cccc(NC(C)=O)c2)cc1. The first-order valence-electron chi connectivity index (χ1n) is 8.45. The monoisotopic (exact) mass is 386 g/mol. The number of aryl methyl sites for hydroxylation is 1. The third-order valence-electron chi connectivity index (χ3n) is 3.58. The molecule has 0 fully saturated rings. The van der Waals surface area contributed by atoms with Gasteiger partial charge in [0.05, 0.1) is 11.4 Å². The minimum Gasteiger partial charge on any atom is -0.481 e. The predicted octanol–water partition coefficient (Wildman–Crippen LogP) is 2.57. The summed E-state index contributed by atoms with van der Waals surface area (Å²) in [5.74, 6) is 5.86. The summed E-state index contributed by atoms with van der Waals surface area (Å²) in [5, 5.41) is 2.66. The molecule has 2 aromatic carbocycles. The number of carbonyl (C=O) groups is 1. The number of nitrogens with one attached hydrogen (secondary N) is 2. The molecule has 0 aliphatic carbocycles. The van der Waals surface area contributed by atoms with Gasteiger partial charge in [-0.05, 0) is 36.2 Å². The molecule has 27 heavy (non-hydrogen) atoms. The van der Waals surface area contributed by atoms with Crippen LogP contribution < -0.4 is 14.8 Å². The standard InChI is InChI=1S/C20H22N2O4S/c1-3-17-9-11-20(12-10-17)27(24,25)21-13-4-5-14-26-19-8-6-7-18(15-19)22-16(2)23/h6-12,15,21H,3,13-14H2,1-2H3,(H,22,23). The Hall–Kier alpha value is -2.82. The van der Waals surface area contributed by atoms with E-state index in [0.29, 0.717) is 11.4 Å². The van der Waals surface area contributed by atoms with E-state index in [9.17, 15) is 13.2 Å². The Kier molecular flexibility index (Phi) is 7.41. The van der Waals surface area contributed by atoms with Crippen molar-refractivity contribution in [3.63, 3.8) is 0 Å². The molecule has 0 atom stereocenters.